The molecule has 1 heterocycles. The highest BCUT2D eigenvalue weighted by molar-refractivity contribution is 9.10. The Labute approximate surface area is 112 Å². The predicted octanol–water partition coefficient (Wildman–Crippen LogP) is 3.04. The van der Waals surface area contributed by atoms with Crippen LogP contribution in [-0.4, -0.2) is 21.0 Å². The molecule has 0 aliphatic carbocycles. The number of carbonyl (C=O) groups is 1. The van der Waals surface area contributed by atoms with Gasteiger partial charge in [-0.3, -0.25) is 0 Å². The third kappa shape index (κ3) is 2.65. The third-order valence-electron chi connectivity index (χ3n) is 2.21. The first-order valence-electron chi connectivity index (χ1n) is 5.05. The molecule has 0 spiro atoms. The monoisotopic (exact) mass is 308 g/mol. The van der Waals surface area contributed by atoms with Crippen LogP contribution in [0.1, 0.15) is 15.9 Å². The van der Waals surface area contributed by atoms with Crippen molar-refractivity contribution in [2.24, 2.45) is 0 Å². The summed E-state index contributed by atoms with van der Waals surface area (Å²) in [6, 6.07) is 4.87. The minimum Gasteiger partial charge on any atom is -0.478 e. The number of carboxylic acids is 1. The van der Waals surface area contributed by atoms with Gasteiger partial charge in [0.1, 0.15) is 17.6 Å². The maximum Gasteiger partial charge on any atom is 0.339 e. The topological polar surface area (TPSA) is 72.3 Å². The maximum atomic E-state index is 11.1. The van der Waals surface area contributed by atoms with Crippen LogP contribution in [0.15, 0.2) is 35.2 Å². The summed E-state index contributed by atoms with van der Waals surface area (Å²) >= 11 is 3.24. The molecule has 0 saturated carbocycles. The fraction of sp³-hybridized carbons (Fsp3) is 0.0833. The first-order valence-corrected chi connectivity index (χ1v) is 5.84. The van der Waals surface area contributed by atoms with Crippen molar-refractivity contribution in [3.05, 3.63) is 46.3 Å². The second-order valence-corrected chi connectivity index (χ2v) is 4.44. The molecule has 1 N–H and O–H groups in total. The molecule has 0 radical (unpaired) electrons. The van der Waals surface area contributed by atoms with Crippen LogP contribution in [0, 0.1) is 6.92 Å². The second kappa shape index (κ2) is 5.14. The Balaban J connectivity index is 2.42. The Bertz CT molecular complexity index is 602. The zero-order chi connectivity index (χ0) is 13.1. The minimum absolute atomic E-state index is 0.0890. The van der Waals surface area contributed by atoms with Crippen molar-refractivity contribution in [1.82, 2.24) is 9.97 Å². The number of aryl methyl sites for hydroxylation is 1. The Morgan fingerprint density at radius 3 is 2.89 bits per heavy atom. The summed E-state index contributed by atoms with van der Waals surface area (Å²) in [5.41, 5.74) is 0.992. The molecule has 1 aromatic heterocycles. The third-order valence-corrected chi connectivity index (χ3v) is 2.75. The molecule has 0 aliphatic heterocycles. The van der Waals surface area contributed by atoms with Crippen LogP contribution in [0.5, 0.6) is 11.6 Å². The molecule has 0 bridgehead atoms. The minimum atomic E-state index is -1.05. The van der Waals surface area contributed by atoms with E-state index in [0.717, 1.165) is 5.56 Å². The zero-order valence-corrected chi connectivity index (χ0v) is 11.0. The highest BCUT2D eigenvalue weighted by Gasteiger charge is 2.13. The number of ether oxygens (including phenoxy) is 1. The number of rotatable bonds is 3. The van der Waals surface area contributed by atoms with Crippen molar-refractivity contribution in [3.63, 3.8) is 0 Å². The van der Waals surface area contributed by atoms with Crippen molar-refractivity contribution in [3.8, 4) is 11.6 Å². The number of halogens is 1. The van der Waals surface area contributed by atoms with E-state index in [2.05, 4.69) is 25.9 Å². The number of benzene rings is 1. The van der Waals surface area contributed by atoms with Crippen molar-refractivity contribution >= 4 is 21.9 Å². The SMILES string of the molecule is Cc1ccc(C(=O)O)c(Oc2ncncc2Br)c1. The number of aromatic carboxylic acids is 1. The van der Waals surface area contributed by atoms with E-state index in [1.54, 1.807) is 12.1 Å². The number of aromatic nitrogens is 2. The first-order chi connectivity index (χ1) is 8.58. The predicted molar refractivity (Wildman–Crippen MR) is 67.9 cm³/mol. The van der Waals surface area contributed by atoms with Crippen LogP contribution in [0.2, 0.25) is 0 Å². The van der Waals surface area contributed by atoms with Gasteiger partial charge >= 0.3 is 5.97 Å². The summed E-state index contributed by atoms with van der Waals surface area (Å²) < 4.78 is 6.06. The first kappa shape index (κ1) is 12.5. The van der Waals surface area contributed by atoms with Crippen molar-refractivity contribution in [2.45, 2.75) is 6.92 Å². The summed E-state index contributed by atoms with van der Waals surface area (Å²) in [6.07, 6.45) is 2.86. The number of carboxylic acid groups (broad SMARTS) is 1. The van der Waals surface area contributed by atoms with E-state index in [0.29, 0.717) is 4.47 Å². The lowest BCUT2D eigenvalue weighted by molar-refractivity contribution is 0.0694. The molecule has 18 heavy (non-hydrogen) atoms. The van der Waals surface area contributed by atoms with Gasteiger partial charge in [0.2, 0.25) is 5.88 Å². The summed E-state index contributed by atoms with van der Waals surface area (Å²) in [4.78, 5) is 18.8. The van der Waals surface area contributed by atoms with Gasteiger partial charge in [-0.15, -0.1) is 0 Å². The van der Waals surface area contributed by atoms with Gasteiger partial charge in [-0.25, -0.2) is 14.8 Å². The Hall–Kier alpha value is -1.95. The maximum absolute atomic E-state index is 11.1. The molecule has 0 amide bonds. The fourth-order valence-electron chi connectivity index (χ4n) is 1.37. The van der Waals surface area contributed by atoms with Crippen molar-refractivity contribution in [1.29, 1.82) is 0 Å². The highest BCUT2D eigenvalue weighted by Crippen LogP contribution is 2.29. The molecule has 0 saturated heterocycles. The van der Waals surface area contributed by atoms with Crippen LogP contribution in [0.25, 0.3) is 0 Å². The summed E-state index contributed by atoms with van der Waals surface area (Å²) in [6.45, 7) is 1.85. The van der Waals surface area contributed by atoms with Crippen LogP contribution in [0.4, 0.5) is 0 Å². The molecular weight excluding hydrogens is 300 g/mol. The van der Waals surface area contributed by atoms with E-state index < -0.39 is 5.97 Å². The second-order valence-electron chi connectivity index (χ2n) is 3.58. The Morgan fingerprint density at radius 2 is 2.22 bits per heavy atom. The molecule has 1 aromatic carbocycles. The van der Waals surface area contributed by atoms with E-state index in [4.69, 9.17) is 9.84 Å². The van der Waals surface area contributed by atoms with E-state index in [1.807, 2.05) is 6.92 Å². The Kier molecular flexibility index (Phi) is 3.57. The molecule has 0 aliphatic rings. The molecule has 2 aromatic rings. The van der Waals surface area contributed by atoms with Gasteiger partial charge in [-0.2, -0.15) is 0 Å². The van der Waals surface area contributed by atoms with E-state index in [9.17, 15) is 4.79 Å². The quantitative estimate of drug-likeness (QED) is 0.943. The molecular formula is C12H9BrN2O3. The standard InChI is InChI=1S/C12H9BrN2O3/c1-7-2-3-8(12(16)17)10(4-7)18-11-9(13)5-14-6-15-11/h2-6H,1H3,(H,16,17). The fourth-order valence-corrected chi connectivity index (χ4v) is 1.67. The van der Waals surface area contributed by atoms with Crippen molar-refractivity contribution in [2.75, 3.05) is 0 Å². The molecule has 6 heteroatoms. The molecule has 92 valence electrons. The summed E-state index contributed by atoms with van der Waals surface area (Å²) in [5.74, 6) is -0.518. The lowest BCUT2D eigenvalue weighted by Gasteiger charge is -2.09. The normalized spacial score (nSPS) is 10.1. The zero-order valence-electron chi connectivity index (χ0n) is 9.42. The van der Waals surface area contributed by atoms with Gasteiger partial charge in [-0.1, -0.05) is 6.07 Å². The van der Waals surface area contributed by atoms with E-state index in [-0.39, 0.29) is 17.2 Å². The molecule has 0 unspecified atom stereocenters. The Morgan fingerprint density at radius 1 is 1.44 bits per heavy atom. The summed E-state index contributed by atoms with van der Waals surface area (Å²) in [7, 11) is 0. The van der Waals surface area contributed by atoms with E-state index >= 15 is 0 Å². The van der Waals surface area contributed by atoms with Gasteiger partial charge in [0.05, 0.1) is 4.47 Å². The average molecular weight is 309 g/mol. The van der Waals surface area contributed by atoms with Crippen LogP contribution in [-0.2, 0) is 0 Å². The highest BCUT2D eigenvalue weighted by atomic mass is 79.9. The lowest BCUT2D eigenvalue weighted by Crippen LogP contribution is -2.01. The molecule has 0 fully saturated rings. The van der Waals surface area contributed by atoms with Crippen LogP contribution >= 0.6 is 15.9 Å². The van der Waals surface area contributed by atoms with Gasteiger partial charge in [0, 0.05) is 6.20 Å². The number of hydrogen-bond acceptors (Lipinski definition) is 4. The van der Waals surface area contributed by atoms with Crippen molar-refractivity contribution < 1.29 is 14.6 Å². The average Bonchev–Trinajstić information content (AvgIpc) is 2.32. The van der Waals surface area contributed by atoms with Gasteiger partial charge in [-0.05, 0) is 40.5 Å². The van der Waals surface area contributed by atoms with Gasteiger partial charge in [0.25, 0.3) is 0 Å². The lowest BCUT2D eigenvalue weighted by atomic mass is 10.1. The van der Waals surface area contributed by atoms with Gasteiger partial charge < -0.3 is 9.84 Å². The largest absolute Gasteiger partial charge is 0.478 e. The molecule has 2 rings (SSSR count). The molecule has 0 atom stereocenters. The van der Waals surface area contributed by atoms with Crippen LogP contribution < -0.4 is 4.74 Å². The molecule has 5 nitrogen and oxygen atoms in total. The van der Waals surface area contributed by atoms with E-state index in [1.165, 1.54) is 18.6 Å². The number of hydrogen-bond donors (Lipinski definition) is 1. The number of nitrogens with zero attached hydrogens (tertiary/aromatic N) is 2. The smallest absolute Gasteiger partial charge is 0.339 e. The summed E-state index contributed by atoms with van der Waals surface area (Å²) in [5, 5.41) is 9.08. The van der Waals surface area contributed by atoms with Crippen LogP contribution in [0.3, 0.4) is 0 Å². The van der Waals surface area contributed by atoms with Gasteiger partial charge in [0.15, 0.2) is 0 Å².